The molecule has 3 rings (SSSR count). The average molecular weight is 301 g/mol. The van der Waals surface area contributed by atoms with Gasteiger partial charge in [0.05, 0.1) is 6.10 Å². The Balaban J connectivity index is 1.81. The Hall–Kier alpha value is -1.35. The van der Waals surface area contributed by atoms with E-state index in [1.54, 1.807) is 0 Å². The number of piperidine rings is 2. The van der Waals surface area contributed by atoms with E-state index < -0.39 is 0 Å². The van der Waals surface area contributed by atoms with Crippen LogP contribution in [0.3, 0.4) is 0 Å². The Bertz CT molecular complexity index is 530. The van der Waals surface area contributed by atoms with Crippen molar-refractivity contribution in [1.82, 2.24) is 4.90 Å². The van der Waals surface area contributed by atoms with Crippen molar-refractivity contribution in [1.29, 1.82) is 0 Å². The van der Waals surface area contributed by atoms with Crippen molar-refractivity contribution in [2.24, 2.45) is 0 Å². The highest BCUT2D eigenvalue weighted by Crippen LogP contribution is 2.35. The van der Waals surface area contributed by atoms with E-state index in [2.05, 4.69) is 37.8 Å². The summed E-state index contributed by atoms with van der Waals surface area (Å²) in [6, 6.07) is 8.51. The van der Waals surface area contributed by atoms with Gasteiger partial charge >= 0.3 is 0 Å². The van der Waals surface area contributed by atoms with Crippen LogP contribution in [0.1, 0.15) is 68.8 Å². The fraction of sp³-hybridized carbons (Fsp3) is 0.632. The van der Waals surface area contributed by atoms with Gasteiger partial charge in [-0.05, 0) is 55.2 Å². The van der Waals surface area contributed by atoms with Gasteiger partial charge in [0.25, 0.3) is 5.91 Å². The standard InChI is InChI=1S/C19H27NO2/c1-19(2,3)14-9-7-13(8-10-14)18(22)20-15-5-4-6-16(20)12-17(21)11-15/h7-10,15-17,21H,4-6,11-12H2,1-3H3/t15-,16+,17?. The van der Waals surface area contributed by atoms with Crippen molar-refractivity contribution in [2.75, 3.05) is 0 Å². The lowest BCUT2D eigenvalue weighted by atomic mass is 9.82. The maximum absolute atomic E-state index is 12.9. The summed E-state index contributed by atoms with van der Waals surface area (Å²) in [4.78, 5) is 15.0. The predicted octanol–water partition coefficient (Wildman–Crippen LogP) is 3.50. The van der Waals surface area contributed by atoms with Gasteiger partial charge in [0.15, 0.2) is 0 Å². The van der Waals surface area contributed by atoms with Crippen molar-refractivity contribution in [2.45, 2.75) is 76.5 Å². The first-order chi connectivity index (χ1) is 10.4. The molecule has 3 nitrogen and oxygen atoms in total. The Kier molecular flexibility index (Phi) is 4.02. The number of hydrogen-bond acceptors (Lipinski definition) is 2. The lowest BCUT2D eigenvalue weighted by Gasteiger charge is -2.47. The van der Waals surface area contributed by atoms with Crippen molar-refractivity contribution in [3.63, 3.8) is 0 Å². The molecular weight excluding hydrogens is 274 g/mol. The highest BCUT2D eigenvalue weighted by atomic mass is 16.3. The van der Waals surface area contributed by atoms with E-state index in [-0.39, 0.29) is 29.5 Å². The summed E-state index contributed by atoms with van der Waals surface area (Å²) in [6.07, 6.45) is 4.47. The molecule has 120 valence electrons. The molecule has 3 heteroatoms. The second-order valence-electron chi connectivity index (χ2n) is 7.90. The summed E-state index contributed by atoms with van der Waals surface area (Å²) in [6.45, 7) is 6.54. The molecular formula is C19H27NO2. The molecule has 2 aliphatic heterocycles. The summed E-state index contributed by atoms with van der Waals surface area (Å²) in [5.41, 5.74) is 2.13. The first kappa shape index (κ1) is 15.5. The molecule has 2 fully saturated rings. The first-order valence-electron chi connectivity index (χ1n) is 8.47. The molecule has 2 saturated heterocycles. The number of benzene rings is 1. The van der Waals surface area contributed by atoms with Crippen LogP contribution in [0.4, 0.5) is 0 Å². The molecule has 0 radical (unpaired) electrons. The third-order valence-electron chi connectivity index (χ3n) is 5.18. The maximum atomic E-state index is 12.9. The van der Waals surface area contributed by atoms with E-state index in [0.29, 0.717) is 0 Å². The number of carbonyl (C=O) groups is 1. The smallest absolute Gasteiger partial charge is 0.254 e. The third-order valence-corrected chi connectivity index (χ3v) is 5.18. The second kappa shape index (κ2) is 5.69. The number of aliphatic hydroxyl groups excluding tert-OH is 1. The van der Waals surface area contributed by atoms with Gasteiger partial charge < -0.3 is 10.0 Å². The minimum atomic E-state index is -0.234. The monoisotopic (exact) mass is 301 g/mol. The topological polar surface area (TPSA) is 40.5 Å². The fourth-order valence-electron chi connectivity index (χ4n) is 3.95. The summed E-state index contributed by atoms with van der Waals surface area (Å²) in [7, 11) is 0. The van der Waals surface area contributed by atoms with E-state index in [9.17, 15) is 9.90 Å². The summed E-state index contributed by atoms with van der Waals surface area (Å²) in [5.74, 6) is 0.141. The first-order valence-corrected chi connectivity index (χ1v) is 8.47. The molecule has 2 aliphatic rings. The molecule has 0 aromatic heterocycles. The van der Waals surface area contributed by atoms with Crippen LogP contribution in [0.5, 0.6) is 0 Å². The normalized spacial score (nSPS) is 28.5. The van der Waals surface area contributed by atoms with E-state index in [1.807, 2.05) is 12.1 Å². The third kappa shape index (κ3) is 2.91. The molecule has 0 spiro atoms. The van der Waals surface area contributed by atoms with Crippen LogP contribution in [-0.4, -0.2) is 34.1 Å². The van der Waals surface area contributed by atoms with Gasteiger partial charge in [-0.1, -0.05) is 32.9 Å². The van der Waals surface area contributed by atoms with Gasteiger partial charge in [-0.15, -0.1) is 0 Å². The number of amides is 1. The molecule has 1 unspecified atom stereocenters. The highest BCUT2D eigenvalue weighted by Gasteiger charge is 2.40. The Morgan fingerprint density at radius 3 is 2.14 bits per heavy atom. The zero-order chi connectivity index (χ0) is 15.9. The van der Waals surface area contributed by atoms with Crippen molar-refractivity contribution < 1.29 is 9.90 Å². The van der Waals surface area contributed by atoms with E-state index >= 15 is 0 Å². The number of hydrogen-bond donors (Lipinski definition) is 1. The summed E-state index contributed by atoms with van der Waals surface area (Å²) < 4.78 is 0. The van der Waals surface area contributed by atoms with Crippen molar-refractivity contribution >= 4 is 5.91 Å². The summed E-state index contributed by atoms with van der Waals surface area (Å²) in [5, 5.41) is 9.97. The lowest BCUT2D eigenvalue weighted by Crippen LogP contribution is -2.55. The molecule has 1 amide bonds. The van der Waals surface area contributed by atoms with Crippen LogP contribution in [0.25, 0.3) is 0 Å². The predicted molar refractivity (Wildman–Crippen MR) is 88.0 cm³/mol. The maximum Gasteiger partial charge on any atom is 0.254 e. The number of nitrogens with zero attached hydrogens (tertiary/aromatic N) is 1. The van der Waals surface area contributed by atoms with E-state index in [4.69, 9.17) is 0 Å². The fourth-order valence-corrected chi connectivity index (χ4v) is 3.95. The molecule has 0 saturated carbocycles. The number of aliphatic hydroxyl groups is 1. The van der Waals surface area contributed by atoms with Crippen LogP contribution < -0.4 is 0 Å². The minimum absolute atomic E-state index is 0.104. The zero-order valence-electron chi connectivity index (χ0n) is 13.9. The van der Waals surface area contributed by atoms with Crippen LogP contribution >= 0.6 is 0 Å². The largest absolute Gasteiger partial charge is 0.393 e. The highest BCUT2D eigenvalue weighted by molar-refractivity contribution is 5.94. The number of fused-ring (bicyclic) bond motifs is 2. The number of rotatable bonds is 1. The average Bonchev–Trinajstić information content (AvgIpc) is 2.45. The van der Waals surface area contributed by atoms with E-state index in [1.165, 1.54) is 12.0 Å². The van der Waals surface area contributed by atoms with Gasteiger partial charge in [0.2, 0.25) is 0 Å². The van der Waals surface area contributed by atoms with Crippen LogP contribution in [-0.2, 0) is 5.41 Å². The van der Waals surface area contributed by atoms with Crippen molar-refractivity contribution in [3.05, 3.63) is 35.4 Å². The molecule has 3 atom stereocenters. The van der Waals surface area contributed by atoms with Crippen molar-refractivity contribution in [3.8, 4) is 0 Å². The van der Waals surface area contributed by atoms with Gasteiger partial charge in [-0.2, -0.15) is 0 Å². The molecule has 2 bridgehead atoms. The Morgan fingerprint density at radius 1 is 1.09 bits per heavy atom. The zero-order valence-corrected chi connectivity index (χ0v) is 13.9. The molecule has 1 N–H and O–H groups in total. The lowest BCUT2D eigenvalue weighted by molar-refractivity contribution is -0.0150. The summed E-state index contributed by atoms with van der Waals surface area (Å²) >= 11 is 0. The SMILES string of the molecule is CC(C)(C)c1ccc(C(=O)N2[C@@H]3CCC[C@H]2CC(O)C3)cc1. The molecule has 2 heterocycles. The Morgan fingerprint density at radius 2 is 1.64 bits per heavy atom. The van der Waals surface area contributed by atoms with Crippen LogP contribution in [0.2, 0.25) is 0 Å². The number of carbonyl (C=O) groups excluding carboxylic acids is 1. The molecule has 1 aromatic carbocycles. The van der Waals surface area contributed by atoms with E-state index in [0.717, 1.165) is 31.2 Å². The van der Waals surface area contributed by atoms with Gasteiger partial charge in [0, 0.05) is 17.6 Å². The Labute approximate surface area is 133 Å². The van der Waals surface area contributed by atoms with Crippen LogP contribution in [0, 0.1) is 0 Å². The van der Waals surface area contributed by atoms with Crippen LogP contribution in [0.15, 0.2) is 24.3 Å². The quantitative estimate of drug-likeness (QED) is 0.862. The van der Waals surface area contributed by atoms with Gasteiger partial charge in [-0.25, -0.2) is 0 Å². The molecule has 0 aliphatic carbocycles. The van der Waals surface area contributed by atoms with Gasteiger partial charge in [-0.3, -0.25) is 4.79 Å². The molecule has 1 aromatic rings. The molecule has 22 heavy (non-hydrogen) atoms. The minimum Gasteiger partial charge on any atom is -0.393 e. The second-order valence-corrected chi connectivity index (χ2v) is 7.90. The van der Waals surface area contributed by atoms with Gasteiger partial charge in [0.1, 0.15) is 0 Å².